The number of aliphatic hydroxyl groups is 1. The second-order valence-corrected chi connectivity index (χ2v) is 10.9. The van der Waals surface area contributed by atoms with Crippen molar-refractivity contribution in [1.82, 2.24) is 15.3 Å². The van der Waals surface area contributed by atoms with Crippen LogP contribution in [0.25, 0.3) is 10.9 Å². The van der Waals surface area contributed by atoms with Gasteiger partial charge < -0.3 is 5.11 Å². The quantitative estimate of drug-likeness (QED) is 0.349. The number of aryl methyl sites for hydroxylation is 1. The predicted octanol–water partition coefficient (Wildman–Crippen LogP) is 1.11. The second-order valence-electron chi connectivity index (χ2n) is 8.45. The molecule has 3 rings (SSSR count). The maximum absolute atomic E-state index is 12.1. The van der Waals surface area contributed by atoms with Crippen LogP contribution >= 0.6 is 0 Å². The van der Waals surface area contributed by atoms with Crippen molar-refractivity contribution in [2.24, 2.45) is 11.3 Å². The second kappa shape index (κ2) is 8.35. The summed E-state index contributed by atoms with van der Waals surface area (Å²) in [4.78, 5) is 11.9. The maximum Gasteiger partial charge on any atom is 0.264 e. The molecule has 1 aromatic carbocycles. The number of hydroxylamine groups is 1. The van der Waals surface area contributed by atoms with Crippen LogP contribution in [0.2, 0.25) is 0 Å². The van der Waals surface area contributed by atoms with Gasteiger partial charge in [-0.05, 0) is 49.8 Å². The number of amides is 1. The van der Waals surface area contributed by atoms with Crippen molar-refractivity contribution in [3.05, 3.63) is 30.0 Å². The Kier molecular flexibility index (Phi) is 6.15. The van der Waals surface area contributed by atoms with E-state index in [9.17, 15) is 18.3 Å². The first-order valence-corrected chi connectivity index (χ1v) is 11.7. The van der Waals surface area contributed by atoms with E-state index in [-0.39, 0.29) is 30.9 Å². The summed E-state index contributed by atoms with van der Waals surface area (Å²) < 4.78 is 23.9. The topological polar surface area (TPSA) is 122 Å². The molecular weight excluding hydrogens is 418 g/mol. The molecule has 1 amide bonds. The summed E-state index contributed by atoms with van der Waals surface area (Å²) in [5.41, 5.74) is 2.82. The minimum atomic E-state index is -3.76. The number of nitrogens with one attached hydrogen (secondary N) is 1. The average molecular weight is 444 g/mol. The highest BCUT2D eigenvalue weighted by atomic mass is 32.2. The lowest BCUT2D eigenvalue weighted by Gasteiger charge is -2.24. The van der Waals surface area contributed by atoms with Gasteiger partial charge in [-0.25, -0.2) is 13.9 Å². The molecule has 0 aliphatic heterocycles. The number of carbonyl (C=O) groups is 1. The Bertz CT molecular complexity index is 1240. The summed E-state index contributed by atoms with van der Waals surface area (Å²) in [6, 6.07) is 5.49. The first kappa shape index (κ1) is 22.8. The van der Waals surface area contributed by atoms with Gasteiger partial charge in [0.05, 0.1) is 5.52 Å². The number of carbonyl (C=O) groups excluding carboxylic acids is 1. The predicted molar refractivity (Wildman–Crippen MR) is 115 cm³/mol. The molecule has 164 valence electrons. The minimum Gasteiger partial charge on any atom is -0.396 e. The SMILES string of the molecule is CC(CCn1cc2cc(C#CC#C[C@H]3C[C@]3(C)CO)ccc2n1)(C(=O)NO)S(C)(=O)=O. The van der Waals surface area contributed by atoms with Crippen LogP contribution in [0.15, 0.2) is 24.4 Å². The first-order chi connectivity index (χ1) is 14.5. The third kappa shape index (κ3) is 4.75. The van der Waals surface area contributed by atoms with Crippen LogP contribution in [-0.2, 0) is 21.2 Å². The summed E-state index contributed by atoms with van der Waals surface area (Å²) in [7, 11) is -3.76. The first-order valence-electron chi connectivity index (χ1n) is 9.76. The van der Waals surface area contributed by atoms with Gasteiger partial charge in [-0.15, -0.1) is 0 Å². The van der Waals surface area contributed by atoms with E-state index in [1.165, 1.54) is 12.4 Å². The molecule has 1 saturated carbocycles. The van der Waals surface area contributed by atoms with Crippen LogP contribution < -0.4 is 5.48 Å². The standard InChI is InChI=1S/C22H25N3O5S/c1-21(15-26)13-18(21)7-5-4-6-16-8-9-19-17(12-16)14-25(23-19)11-10-22(2,20(27)24-28)31(3,29)30/h8-9,12,14,18,26,28H,10-11,13,15H2,1-3H3,(H,24,27)/t18-,21+,22?/m0/s1. The van der Waals surface area contributed by atoms with Crippen LogP contribution in [0.5, 0.6) is 0 Å². The molecule has 0 bridgehead atoms. The molecule has 1 fully saturated rings. The van der Waals surface area contributed by atoms with E-state index >= 15 is 0 Å². The summed E-state index contributed by atoms with van der Waals surface area (Å²) in [5.74, 6) is 11.0. The van der Waals surface area contributed by atoms with Gasteiger partial charge >= 0.3 is 0 Å². The van der Waals surface area contributed by atoms with Gasteiger partial charge in [-0.1, -0.05) is 18.8 Å². The number of sulfone groups is 1. The Morgan fingerprint density at radius 3 is 2.77 bits per heavy atom. The van der Waals surface area contributed by atoms with Crippen LogP contribution in [0.3, 0.4) is 0 Å². The highest BCUT2D eigenvalue weighted by molar-refractivity contribution is 7.92. The fraction of sp³-hybridized carbons (Fsp3) is 0.455. The summed E-state index contributed by atoms with van der Waals surface area (Å²) in [6.45, 7) is 3.58. The minimum absolute atomic E-state index is 0.0532. The third-order valence-electron chi connectivity index (χ3n) is 6.00. The van der Waals surface area contributed by atoms with Crippen molar-refractivity contribution in [3.8, 4) is 23.7 Å². The fourth-order valence-corrected chi connectivity index (χ4v) is 4.06. The van der Waals surface area contributed by atoms with Crippen molar-refractivity contribution in [3.63, 3.8) is 0 Å². The molecule has 3 atom stereocenters. The molecule has 1 aromatic heterocycles. The van der Waals surface area contributed by atoms with Gasteiger partial charge in [-0.2, -0.15) is 5.10 Å². The average Bonchev–Trinajstić information content (AvgIpc) is 3.20. The lowest BCUT2D eigenvalue weighted by molar-refractivity contribution is -0.131. The Balaban J connectivity index is 1.72. The molecule has 3 N–H and O–H groups in total. The molecule has 1 aliphatic rings. The maximum atomic E-state index is 12.1. The molecule has 31 heavy (non-hydrogen) atoms. The highest BCUT2D eigenvalue weighted by Gasteiger charge is 2.48. The monoisotopic (exact) mass is 443 g/mol. The zero-order chi connectivity index (χ0) is 22.9. The number of aromatic nitrogens is 2. The number of rotatable bonds is 6. The van der Waals surface area contributed by atoms with E-state index in [1.807, 2.05) is 25.1 Å². The molecule has 1 aliphatic carbocycles. The number of fused-ring (bicyclic) bond motifs is 1. The molecular formula is C22H25N3O5S. The molecule has 0 radical (unpaired) electrons. The van der Waals surface area contributed by atoms with Gasteiger partial charge in [0, 0.05) is 47.9 Å². The fourth-order valence-electron chi connectivity index (χ4n) is 3.22. The van der Waals surface area contributed by atoms with Crippen molar-refractivity contribution >= 4 is 26.6 Å². The van der Waals surface area contributed by atoms with Gasteiger partial charge in [0.15, 0.2) is 14.6 Å². The Hall–Kier alpha value is -2.85. The lowest BCUT2D eigenvalue weighted by Crippen LogP contribution is -2.49. The molecule has 8 nitrogen and oxygen atoms in total. The largest absolute Gasteiger partial charge is 0.396 e. The van der Waals surface area contributed by atoms with E-state index in [0.29, 0.717) is 5.52 Å². The number of aliphatic hydroxyl groups excluding tert-OH is 1. The summed E-state index contributed by atoms with van der Waals surface area (Å²) >= 11 is 0. The van der Waals surface area contributed by atoms with Crippen LogP contribution in [0.4, 0.5) is 0 Å². The Morgan fingerprint density at radius 1 is 1.42 bits per heavy atom. The van der Waals surface area contributed by atoms with Crippen molar-refractivity contribution in [1.29, 1.82) is 0 Å². The Labute approximate surface area is 181 Å². The molecule has 1 heterocycles. The zero-order valence-corrected chi connectivity index (χ0v) is 18.5. The molecule has 1 unspecified atom stereocenters. The van der Waals surface area contributed by atoms with Gasteiger partial charge in [0.1, 0.15) is 0 Å². The zero-order valence-electron chi connectivity index (χ0n) is 17.6. The van der Waals surface area contributed by atoms with E-state index < -0.39 is 20.5 Å². The van der Waals surface area contributed by atoms with E-state index in [2.05, 4.69) is 28.8 Å². The van der Waals surface area contributed by atoms with E-state index in [4.69, 9.17) is 5.21 Å². The number of hydrogen-bond acceptors (Lipinski definition) is 6. The summed E-state index contributed by atoms with van der Waals surface area (Å²) in [6.07, 6.45) is 3.55. The number of hydrogen-bond donors (Lipinski definition) is 3. The number of nitrogens with zero attached hydrogens (tertiary/aromatic N) is 2. The van der Waals surface area contributed by atoms with Crippen molar-refractivity contribution in [2.75, 3.05) is 12.9 Å². The number of benzene rings is 1. The highest BCUT2D eigenvalue weighted by Crippen LogP contribution is 2.51. The normalized spacial score (nSPS) is 21.9. The van der Waals surface area contributed by atoms with Crippen LogP contribution in [-0.4, -0.2) is 52.0 Å². The molecule has 2 aromatic rings. The summed E-state index contributed by atoms with van der Waals surface area (Å²) in [5, 5.41) is 23.4. The van der Waals surface area contributed by atoms with Crippen LogP contribution in [0.1, 0.15) is 32.3 Å². The third-order valence-corrected chi connectivity index (χ3v) is 8.02. The van der Waals surface area contributed by atoms with Gasteiger partial charge in [-0.3, -0.25) is 14.7 Å². The molecule has 9 heteroatoms. The Morgan fingerprint density at radius 2 is 2.16 bits per heavy atom. The molecule has 0 saturated heterocycles. The van der Waals surface area contributed by atoms with Crippen LogP contribution in [0, 0.1) is 35.0 Å². The van der Waals surface area contributed by atoms with Gasteiger partial charge in [0.25, 0.3) is 5.91 Å². The smallest absolute Gasteiger partial charge is 0.264 e. The molecule has 0 spiro atoms. The van der Waals surface area contributed by atoms with Crippen molar-refractivity contribution < 1.29 is 23.5 Å². The lowest BCUT2D eigenvalue weighted by atomic mass is 10.1. The van der Waals surface area contributed by atoms with E-state index in [0.717, 1.165) is 23.6 Å². The van der Waals surface area contributed by atoms with E-state index in [1.54, 1.807) is 10.9 Å². The van der Waals surface area contributed by atoms with Crippen molar-refractivity contribution in [2.45, 2.75) is 38.0 Å². The van der Waals surface area contributed by atoms with Gasteiger partial charge in [0.2, 0.25) is 0 Å².